The summed E-state index contributed by atoms with van der Waals surface area (Å²) in [5.41, 5.74) is -1.07. The van der Waals surface area contributed by atoms with Crippen LogP contribution in [0.4, 0.5) is 8.78 Å². The van der Waals surface area contributed by atoms with Gasteiger partial charge in [-0.3, -0.25) is 4.79 Å². The van der Waals surface area contributed by atoms with E-state index < -0.39 is 45.0 Å². The number of pyridine rings is 1. The van der Waals surface area contributed by atoms with E-state index in [1.807, 2.05) is 0 Å². The zero-order chi connectivity index (χ0) is 23.0. The molecule has 9 nitrogen and oxygen atoms in total. The van der Waals surface area contributed by atoms with Crippen molar-refractivity contribution < 1.29 is 65.9 Å². The summed E-state index contributed by atoms with van der Waals surface area (Å²) < 4.78 is 66.8. The molecule has 166 valence electrons. The monoisotopic (exact) mass is 478 g/mol. The summed E-state index contributed by atoms with van der Waals surface area (Å²) in [6.45, 7) is 1.00. The fourth-order valence-corrected chi connectivity index (χ4v) is 3.86. The summed E-state index contributed by atoms with van der Waals surface area (Å²) >= 11 is 0. The van der Waals surface area contributed by atoms with Gasteiger partial charge in [-0.25, -0.2) is 17.2 Å². The van der Waals surface area contributed by atoms with Crippen molar-refractivity contribution in [1.82, 2.24) is 4.57 Å². The first-order chi connectivity index (χ1) is 14.5. The molecule has 3 rings (SSSR count). The molecule has 0 spiro atoms. The van der Waals surface area contributed by atoms with Crippen molar-refractivity contribution in [3.63, 3.8) is 0 Å². The molecule has 14 heteroatoms. The number of benzene rings is 1. The number of methoxy groups -OCH3 is 1. The van der Waals surface area contributed by atoms with Crippen LogP contribution in [0.1, 0.15) is 13.3 Å². The van der Waals surface area contributed by atoms with E-state index >= 15 is 0 Å². The third kappa shape index (κ3) is 5.17. The number of aryl methyl sites for hydroxylation is 1. The summed E-state index contributed by atoms with van der Waals surface area (Å²) in [5, 5.41) is 14.6. The van der Waals surface area contributed by atoms with Crippen molar-refractivity contribution in [1.29, 1.82) is 0 Å². The molecular weight excluding hydrogens is 460 g/mol. The number of nitrogens with zero attached hydrogens (tertiary/aromatic N) is 2. The van der Waals surface area contributed by atoms with Crippen LogP contribution in [0.2, 0.25) is 0 Å². The zero-order valence-electron chi connectivity index (χ0n) is 17.8. The van der Waals surface area contributed by atoms with Crippen LogP contribution in [0.25, 0.3) is 11.1 Å². The van der Waals surface area contributed by atoms with Gasteiger partial charge in [0, 0.05) is 42.3 Å². The van der Waals surface area contributed by atoms with E-state index in [1.165, 1.54) is 26.2 Å². The van der Waals surface area contributed by atoms with Crippen LogP contribution in [0.3, 0.4) is 0 Å². The minimum atomic E-state index is -3.87. The molecule has 0 bridgehead atoms. The predicted octanol–water partition coefficient (Wildman–Crippen LogP) is -2.29. The fourth-order valence-electron chi connectivity index (χ4n) is 3.00. The van der Waals surface area contributed by atoms with Crippen molar-refractivity contribution in [2.24, 2.45) is 5.16 Å². The Kier molecular flexibility index (Phi) is 8.16. The summed E-state index contributed by atoms with van der Waals surface area (Å²) in [6, 6.07) is 4.69. The largest absolute Gasteiger partial charge is 1.00 e. The third-order valence-corrected chi connectivity index (χ3v) is 7.09. The van der Waals surface area contributed by atoms with Gasteiger partial charge < -0.3 is 23.7 Å². The first-order valence-corrected chi connectivity index (χ1v) is 10.9. The van der Waals surface area contributed by atoms with Crippen molar-refractivity contribution in [3.8, 4) is 16.9 Å². The second kappa shape index (κ2) is 9.92. The molecule has 2 heterocycles. The maximum absolute atomic E-state index is 14.7. The molecule has 0 aliphatic carbocycles. The summed E-state index contributed by atoms with van der Waals surface area (Å²) in [6.07, 6.45) is 1.50. The minimum Gasteiger partial charge on any atom is -0.806 e. The van der Waals surface area contributed by atoms with Gasteiger partial charge in [-0.15, -0.1) is 0 Å². The molecule has 0 unspecified atom stereocenters. The van der Waals surface area contributed by atoms with Crippen LogP contribution < -0.4 is 44.9 Å². The maximum atomic E-state index is 14.7. The van der Waals surface area contributed by atoms with Gasteiger partial charge in [0.2, 0.25) is 5.90 Å². The van der Waals surface area contributed by atoms with Crippen LogP contribution in [-0.4, -0.2) is 44.3 Å². The molecule has 1 aromatic carbocycles. The molecule has 2 aromatic rings. The predicted molar refractivity (Wildman–Crippen MR) is 106 cm³/mol. The molecule has 0 N–H and O–H groups in total. The van der Waals surface area contributed by atoms with Gasteiger partial charge >= 0.3 is 36.9 Å². The molecule has 0 saturated heterocycles. The first kappa shape index (κ1) is 26.3. The third-order valence-electron chi connectivity index (χ3n) is 5.07. The number of hydrogen-bond donors (Lipinski definition) is 0. The van der Waals surface area contributed by atoms with E-state index in [2.05, 4.69) is 9.91 Å². The van der Waals surface area contributed by atoms with Crippen LogP contribution in [0.5, 0.6) is 5.75 Å². The Bertz CT molecular complexity index is 1210. The van der Waals surface area contributed by atoms with Gasteiger partial charge in [0.15, 0.2) is 9.84 Å². The number of rotatable bonds is 7. The standard InChI is InChI=1S/C18H18BF2N2O7S.Na/c1-18(31(3,26)27,17-22-30-19(25)29-17)6-7-23-10-15(21)13(9-16(23)24)12-5-4-11(28-2)8-14(12)20;/h4-5,8-10H,6-7H2,1-3H3;/q-1;+1/t18-;/m1./s1. The van der Waals surface area contributed by atoms with Gasteiger partial charge in [0.25, 0.3) is 5.56 Å². The summed E-state index contributed by atoms with van der Waals surface area (Å²) in [4.78, 5) is 12.5. The van der Waals surface area contributed by atoms with Crippen molar-refractivity contribution in [2.45, 2.75) is 24.6 Å². The number of halogens is 2. The Balaban J connectivity index is 0.00000363. The number of ether oxygens (including phenoxy) is 1. The molecule has 0 amide bonds. The molecule has 1 aliphatic heterocycles. The van der Waals surface area contributed by atoms with Crippen LogP contribution >= 0.6 is 0 Å². The van der Waals surface area contributed by atoms with E-state index in [0.717, 1.165) is 29.2 Å². The van der Waals surface area contributed by atoms with E-state index in [4.69, 9.17) is 9.39 Å². The average molecular weight is 478 g/mol. The number of aromatic nitrogens is 1. The van der Waals surface area contributed by atoms with Gasteiger partial charge in [0.1, 0.15) is 22.1 Å². The Morgan fingerprint density at radius 3 is 2.47 bits per heavy atom. The van der Waals surface area contributed by atoms with Gasteiger partial charge in [-0.1, -0.05) is 5.16 Å². The second-order valence-electron chi connectivity index (χ2n) is 7.07. The number of sulfone groups is 1. The summed E-state index contributed by atoms with van der Waals surface area (Å²) in [7, 11) is -4.51. The van der Waals surface area contributed by atoms with Crippen LogP contribution in [0.15, 0.2) is 40.4 Å². The molecular formula is C18H18BF2N2NaO7S. The van der Waals surface area contributed by atoms with Crippen molar-refractivity contribution in [2.75, 3.05) is 13.4 Å². The smallest absolute Gasteiger partial charge is 0.806 e. The Hall–Kier alpha value is -1.93. The van der Waals surface area contributed by atoms with E-state index in [9.17, 15) is 27.0 Å². The normalized spacial score (nSPS) is 15.2. The average Bonchev–Trinajstić information content (AvgIpc) is 3.14. The fraction of sp³-hybridized carbons (Fsp3) is 0.333. The van der Waals surface area contributed by atoms with E-state index in [0.29, 0.717) is 0 Å². The number of hydrogen-bond acceptors (Lipinski definition) is 8. The van der Waals surface area contributed by atoms with Crippen molar-refractivity contribution in [3.05, 3.63) is 52.5 Å². The molecule has 1 aliphatic rings. The molecule has 0 radical (unpaired) electrons. The van der Waals surface area contributed by atoms with Gasteiger partial charge in [0.05, 0.1) is 7.11 Å². The second-order valence-corrected chi connectivity index (χ2v) is 9.52. The van der Waals surface area contributed by atoms with E-state index in [1.54, 1.807) is 0 Å². The summed E-state index contributed by atoms with van der Waals surface area (Å²) in [5.74, 6) is -1.87. The van der Waals surface area contributed by atoms with Gasteiger partial charge in [-0.2, -0.15) is 0 Å². The molecule has 0 fully saturated rings. The molecule has 32 heavy (non-hydrogen) atoms. The maximum Gasteiger partial charge on any atom is 1.00 e. The van der Waals surface area contributed by atoms with Crippen molar-refractivity contribution >= 4 is 23.1 Å². The molecule has 0 saturated carbocycles. The van der Waals surface area contributed by atoms with Crippen LogP contribution in [0, 0.1) is 11.6 Å². The Morgan fingerprint density at radius 1 is 1.25 bits per heavy atom. The SMILES string of the molecule is COc1ccc(-c2cc(=O)n(CC[C@](C)(C3=NOB([O-])O3)S(C)(=O)=O)cc2F)c(F)c1.[Na+]. The first-order valence-electron chi connectivity index (χ1n) is 8.96. The Morgan fingerprint density at radius 2 is 1.94 bits per heavy atom. The molecule has 1 aromatic heterocycles. The minimum absolute atomic E-state index is 0. The molecule has 1 atom stereocenters. The zero-order valence-corrected chi connectivity index (χ0v) is 20.6. The number of oxime groups is 1. The quantitative estimate of drug-likeness (QED) is 0.411. The van der Waals surface area contributed by atoms with Gasteiger partial charge in [-0.05, 0) is 25.5 Å². The van der Waals surface area contributed by atoms with Crippen LogP contribution in [-0.2, 0) is 25.8 Å². The van der Waals surface area contributed by atoms with E-state index in [-0.39, 0.29) is 59.4 Å². The topological polar surface area (TPSA) is 119 Å². The Labute approximate surface area is 205 Å².